The van der Waals surface area contributed by atoms with E-state index in [1.165, 1.54) is 30.3 Å². The second-order valence-electron chi connectivity index (χ2n) is 8.04. The highest BCUT2D eigenvalue weighted by molar-refractivity contribution is 5.89. The molecule has 33 heavy (non-hydrogen) atoms. The zero-order valence-corrected chi connectivity index (χ0v) is 17.5. The molecule has 1 aliphatic heterocycles. The molecule has 1 fully saturated rings. The van der Waals surface area contributed by atoms with E-state index in [0.29, 0.717) is 23.6 Å². The molecule has 0 bridgehead atoms. The summed E-state index contributed by atoms with van der Waals surface area (Å²) in [5, 5.41) is 48.6. The van der Waals surface area contributed by atoms with Gasteiger partial charge >= 0.3 is 6.18 Å². The molecule has 0 aliphatic carbocycles. The standard InChI is InChI=1S/C23H22F3NO6/c1-22(32,23(24,25)26)16-6-2-12(3-7-16)8-15-9-13(4-5-14(15)10-27)21-20(31)19(30)18(29)17(11-28)33-21/h2-7,9,17-18,20-21,28-29,31-32H,8,11H2,1H3/t17-,18-,20-,21+,22?/m1/s1. The number of Topliss-reactive ketones (excluding diaryl/α,β-unsaturated/α-hetero) is 1. The van der Waals surface area contributed by atoms with Crippen LogP contribution in [0, 0.1) is 11.3 Å². The van der Waals surface area contributed by atoms with Gasteiger partial charge in [-0.3, -0.25) is 4.79 Å². The molecular formula is C23H22F3NO6. The van der Waals surface area contributed by atoms with Gasteiger partial charge in [-0.15, -0.1) is 0 Å². The third kappa shape index (κ3) is 4.78. The number of hydrogen-bond donors (Lipinski definition) is 4. The van der Waals surface area contributed by atoms with Crippen LogP contribution < -0.4 is 0 Å². The van der Waals surface area contributed by atoms with E-state index in [2.05, 4.69) is 0 Å². The maximum absolute atomic E-state index is 13.0. The molecule has 10 heteroatoms. The molecule has 1 unspecified atom stereocenters. The number of hydrogen-bond acceptors (Lipinski definition) is 7. The minimum atomic E-state index is -4.85. The first kappa shape index (κ1) is 24.8. The summed E-state index contributed by atoms with van der Waals surface area (Å²) in [6, 6.07) is 11.6. The molecule has 3 rings (SSSR count). The van der Waals surface area contributed by atoms with Gasteiger partial charge in [0.05, 0.1) is 18.2 Å². The van der Waals surface area contributed by atoms with Crippen LogP contribution in [0.25, 0.3) is 0 Å². The van der Waals surface area contributed by atoms with E-state index in [9.17, 15) is 43.7 Å². The maximum atomic E-state index is 13.0. The van der Waals surface area contributed by atoms with Crippen molar-refractivity contribution < 1.29 is 43.1 Å². The number of nitriles is 1. The van der Waals surface area contributed by atoms with E-state index in [1.807, 2.05) is 6.07 Å². The Hall–Kier alpha value is -2.81. The van der Waals surface area contributed by atoms with Crippen molar-refractivity contribution in [3.05, 3.63) is 70.3 Å². The highest BCUT2D eigenvalue weighted by Crippen LogP contribution is 2.38. The van der Waals surface area contributed by atoms with Crippen molar-refractivity contribution >= 4 is 5.78 Å². The number of alkyl halides is 3. The van der Waals surface area contributed by atoms with Gasteiger partial charge in [-0.05, 0) is 41.7 Å². The Labute approximate surface area is 187 Å². The second kappa shape index (κ2) is 9.21. The van der Waals surface area contributed by atoms with Crippen LogP contribution in [0.15, 0.2) is 42.5 Å². The van der Waals surface area contributed by atoms with Gasteiger partial charge in [0.25, 0.3) is 0 Å². The average molecular weight is 465 g/mol. The minimum absolute atomic E-state index is 0.133. The fourth-order valence-electron chi connectivity index (χ4n) is 3.62. The number of carbonyl (C=O) groups excluding carboxylic acids is 1. The van der Waals surface area contributed by atoms with Crippen molar-refractivity contribution in [1.82, 2.24) is 0 Å². The normalized spacial score (nSPS) is 25.4. The molecule has 0 radical (unpaired) electrons. The molecule has 0 saturated carbocycles. The number of ketones is 1. The molecular weight excluding hydrogens is 443 g/mol. The predicted octanol–water partition coefficient (Wildman–Crippen LogP) is 1.64. The summed E-state index contributed by atoms with van der Waals surface area (Å²) in [7, 11) is 0. The number of benzene rings is 2. The first-order valence-electron chi connectivity index (χ1n) is 9.98. The van der Waals surface area contributed by atoms with E-state index in [1.54, 1.807) is 0 Å². The Balaban J connectivity index is 1.90. The van der Waals surface area contributed by atoms with Crippen molar-refractivity contribution in [2.45, 2.75) is 49.5 Å². The smallest absolute Gasteiger partial charge is 0.394 e. The number of carbonyl (C=O) groups is 1. The molecule has 2 aromatic carbocycles. The third-order valence-corrected chi connectivity index (χ3v) is 5.76. The van der Waals surface area contributed by atoms with Gasteiger partial charge in [0, 0.05) is 0 Å². The number of nitrogens with zero attached hydrogens (tertiary/aromatic N) is 1. The highest BCUT2D eigenvalue weighted by atomic mass is 19.4. The topological polar surface area (TPSA) is 131 Å². The van der Waals surface area contributed by atoms with Crippen LogP contribution in [0.3, 0.4) is 0 Å². The summed E-state index contributed by atoms with van der Waals surface area (Å²) >= 11 is 0. The fourth-order valence-corrected chi connectivity index (χ4v) is 3.62. The van der Waals surface area contributed by atoms with Crippen molar-refractivity contribution in [2.24, 2.45) is 0 Å². The van der Waals surface area contributed by atoms with Crippen LogP contribution in [-0.4, -0.2) is 57.3 Å². The van der Waals surface area contributed by atoms with Gasteiger partial charge in [0.15, 0.2) is 11.4 Å². The molecule has 4 N–H and O–H groups in total. The van der Waals surface area contributed by atoms with Crippen LogP contribution in [0.4, 0.5) is 13.2 Å². The minimum Gasteiger partial charge on any atom is -0.394 e. The summed E-state index contributed by atoms with van der Waals surface area (Å²) in [4.78, 5) is 12.1. The highest BCUT2D eigenvalue weighted by Gasteiger charge is 2.51. The van der Waals surface area contributed by atoms with E-state index in [-0.39, 0.29) is 17.5 Å². The van der Waals surface area contributed by atoms with E-state index in [0.717, 1.165) is 12.1 Å². The molecule has 1 saturated heterocycles. The Kier molecular flexibility index (Phi) is 6.93. The summed E-state index contributed by atoms with van der Waals surface area (Å²) in [5.74, 6) is -0.900. The average Bonchev–Trinajstić information content (AvgIpc) is 2.77. The van der Waals surface area contributed by atoms with Crippen LogP contribution in [-0.2, 0) is 21.6 Å². The number of halogens is 3. The Morgan fingerprint density at radius 1 is 1.09 bits per heavy atom. The largest absolute Gasteiger partial charge is 0.421 e. The van der Waals surface area contributed by atoms with Gasteiger partial charge in [0.2, 0.25) is 0 Å². The summed E-state index contributed by atoms with van der Waals surface area (Å²) in [6.07, 6.45) is -10.5. The third-order valence-electron chi connectivity index (χ3n) is 5.76. The van der Waals surface area contributed by atoms with Crippen LogP contribution in [0.1, 0.15) is 40.8 Å². The lowest BCUT2D eigenvalue weighted by molar-refractivity contribution is -0.258. The Bertz CT molecular complexity index is 1060. The molecule has 0 spiro atoms. The van der Waals surface area contributed by atoms with Gasteiger partial charge in [-0.1, -0.05) is 36.4 Å². The lowest BCUT2D eigenvalue weighted by Gasteiger charge is -2.35. The summed E-state index contributed by atoms with van der Waals surface area (Å²) in [5.41, 5.74) is -1.75. The zero-order valence-electron chi connectivity index (χ0n) is 17.5. The molecule has 176 valence electrons. The first-order valence-corrected chi connectivity index (χ1v) is 9.98. The number of aliphatic hydroxyl groups excluding tert-OH is 3. The zero-order chi connectivity index (χ0) is 24.6. The molecule has 0 aromatic heterocycles. The lowest BCUT2D eigenvalue weighted by Crippen LogP contribution is -2.52. The Morgan fingerprint density at radius 3 is 2.27 bits per heavy atom. The number of ether oxygens (including phenoxy) is 1. The van der Waals surface area contributed by atoms with Crippen molar-refractivity contribution in [3.63, 3.8) is 0 Å². The van der Waals surface area contributed by atoms with Crippen LogP contribution in [0.2, 0.25) is 0 Å². The SMILES string of the molecule is CC(O)(c1ccc(Cc2cc([C@@H]3O[C@H](CO)[C@@H](O)C(=O)[C@H]3O)ccc2C#N)cc1)C(F)(F)F. The second-order valence-corrected chi connectivity index (χ2v) is 8.04. The van der Waals surface area contributed by atoms with Crippen LogP contribution in [0.5, 0.6) is 0 Å². The molecule has 1 aliphatic rings. The van der Waals surface area contributed by atoms with Crippen molar-refractivity contribution in [2.75, 3.05) is 6.61 Å². The van der Waals surface area contributed by atoms with Crippen molar-refractivity contribution in [1.29, 1.82) is 5.26 Å². The molecule has 5 atom stereocenters. The van der Waals surface area contributed by atoms with Gasteiger partial charge in [0.1, 0.15) is 24.4 Å². The summed E-state index contributed by atoms with van der Waals surface area (Å²) < 4.78 is 44.6. The molecule has 2 aromatic rings. The maximum Gasteiger partial charge on any atom is 0.421 e. The summed E-state index contributed by atoms with van der Waals surface area (Å²) in [6.45, 7) is 0.0138. The lowest BCUT2D eigenvalue weighted by atomic mass is 9.89. The molecule has 1 heterocycles. The van der Waals surface area contributed by atoms with Gasteiger partial charge in [-0.25, -0.2) is 0 Å². The van der Waals surface area contributed by atoms with Gasteiger partial charge in [-0.2, -0.15) is 18.4 Å². The van der Waals surface area contributed by atoms with Gasteiger partial charge < -0.3 is 25.2 Å². The predicted molar refractivity (Wildman–Crippen MR) is 108 cm³/mol. The van der Waals surface area contributed by atoms with E-state index < -0.39 is 48.6 Å². The number of rotatable bonds is 5. The Morgan fingerprint density at radius 2 is 1.73 bits per heavy atom. The van der Waals surface area contributed by atoms with Crippen LogP contribution >= 0.6 is 0 Å². The fraction of sp³-hybridized carbons (Fsp3) is 0.391. The quantitative estimate of drug-likeness (QED) is 0.528. The van der Waals surface area contributed by atoms with E-state index in [4.69, 9.17) is 4.74 Å². The number of aliphatic hydroxyl groups is 4. The van der Waals surface area contributed by atoms with E-state index >= 15 is 0 Å². The first-order chi connectivity index (χ1) is 15.4. The van der Waals surface area contributed by atoms with Crippen molar-refractivity contribution in [3.8, 4) is 6.07 Å². The molecule has 7 nitrogen and oxygen atoms in total. The monoisotopic (exact) mass is 465 g/mol. The molecule has 0 amide bonds.